The Labute approximate surface area is 587 Å². The van der Waals surface area contributed by atoms with Gasteiger partial charge in [-0.25, -0.2) is 0 Å². The molecule has 3 aliphatic carbocycles. The van der Waals surface area contributed by atoms with Crippen LogP contribution in [-0.2, 0) is 43.3 Å². The molecule has 5 aliphatic rings. The van der Waals surface area contributed by atoms with Crippen LogP contribution in [0.3, 0.4) is 0 Å². The first-order chi connectivity index (χ1) is 46.3. The standard InChI is InChI=1S/C93H92BN3S/c1-55-47-68-71(91(14,15)65-33-24-21-30-62(65)88(68,8)9)52-77(55)97-79-54-73-70(90(12,13)64-32-23-26-35-67(64)93(73,18)19)51-75(79)94-74-50-69-72(92(16,17)66-34-25-22-31-63(66)89(69,10)11)53-78(74)96(76-36-28-38-83-84(76)61-29-20-27-37-82(61)98-83)80-48-60(49-81(97)85(80)94)95(58-43-39-56(40-44-58)86(2,3)4)59-45-41-57(42-46-59)87(5,6)7/h20-54H,1-19H3. The average molecular weight is 1290 g/mol. The maximum Gasteiger partial charge on any atom is 0.252 e. The Balaban J connectivity index is 1.07. The van der Waals surface area contributed by atoms with Gasteiger partial charge in [0.25, 0.3) is 6.71 Å². The second-order valence-electron chi connectivity index (χ2n) is 34.7. The molecule has 0 N–H and O–H groups in total. The third-order valence-corrected chi connectivity index (χ3v) is 25.8. The van der Waals surface area contributed by atoms with Gasteiger partial charge in [-0.15, -0.1) is 11.3 Å². The minimum Gasteiger partial charge on any atom is -0.311 e. The lowest BCUT2D eigenvalue weighted by molar-refractivity contribution is 0.520. The van der Waals surface area contributed by atoms with Gasteiger partial charge in [-0.05, 0) is 190 Å². The van der Waals surface area contributed by atoms with Crippen molar-refractivity contribution >= 4 is 106 Å². The smallest absolute Gasteiger partial charge is 0.252 e. The van der Waals surface area contributed by atoms with Crippen LogP contribution in [0.25, 0.3) is 20.2 Å². The highest BCUT2D eigenvalue weighted by molar-refractivity contribution is 7.26. The van der Waals surface area contributed by atoms with Gasteiger partial charge >= 0.3 is 0 Å². The number of hydrogen-bond acceptors (Lipinski definition) is 4. The monoisotopic (exact) mass is 1290 g/mol. The molecule has 98 heavy (non-hydrogen) atoms. The van der Waals surface area contributed by atoms with Gasteiger partial charge in [0.15, 0.2) is 0 Å². The van der Waals surface area contributed by atoms with Crippen molar-refractivity contribution in [2.75, 3.05) is 14.7 Å². The molecule has 3 heterocycles. The lowest BCUT2D eigenvalue weighted by atomic mass is 9.32. The van der Waals surface area contributed by atoms with E-state index < -0.39 is 0 Å². The van der Waals surface area contributed by atoms with Crippen LogP contribution in [0.1, 0.15) is 208 Å². The Morgan fingerprint density at radius 3 is 1.07 bits per heavy atom. The molecule has 3 nitrogen and oxygen atoms in total. The maximum absolute atomic E-state index is 2.78. The molecule has 17 rings (SSSR count). The number of benzene rings is 11. The van der Waals surface area contributed by atoms with Gasteiger partial charge in [-0.2, -0.15) is 0 Å². The first-order valence-corrected chi connectivity index (χ1v) is 36.7. The molecule has 0 fully saturated rings. The number of aryl methyl sites for hydroxylation is 1. The van der Waals surface area contributed by atoms with Crippen molar-refractivity contribution in [3.8, 4) is 0 Å². The van der Waals surface area contributed by atoms with Gasteiger partial charge in [0, 0.05) is 92.5 Å². The Hall–Kier alpha value is -8.90. The molecule has 0 amide bonds. The van der Waals surface area contributed by atoms with Crippen LogP contribution in [0.4, 0.5) is 51.2 Å². The molecule has 11 aromatic carbocycles. The molecule has 1 aromatic heterocycles. The van der Waals surface area contributed by atoms with Crippen LogP contribution in [0.5, 0.6) is 0 Å². The van der Waals surface area contributed by atoms with Gasteiger partial charge in [0.2, 0.25) is 0 Å². The summed E-state index contributed by atoms with van der Waals surface area (Å²) in [6.45, 7) is 45.9. The van der Waals surface area contributed by atoms with Crippen LogP contribution in [-0.4, -0.2) is 6.71 Å². The number of anilines is 9. The highest BCUT2D eigenvalue weighted by Gasteiger charge is 2.52. The topological polar surface area (TPSA) is 9.72 Å². The van der Waals surface area contributed by atoms with E-state index in [-0.39, 0.29) is 50.0 Å². The van der Waals surface area contributed by atoms with Gasteiger partial charge in [-0.1, -0.05) is 264 Å². The summed E-state index contributed by atoms with van der Waals surface area (Å²) in [5.74, 6) is 0. The minimum absolute atomic E-state index is 0.0357. The number of fused-ring (bicyclic) bond motifs is 13. The Kier molecular flexibility index (Phi) is 13.2. The normalized spacial score (nSPS) is 17.4. The Morgan fingerprint density at radius 2 is 0.663 bits per heavy atom. The summed E-state index contributed by atoms with van der Waals surface area (Å²) in [6, 6.07) is 84.4. The van der Waals surface area contributed by atoms with E-state index in [1.165, 1.54) is 154 Å². The number of thiophene rings is 1. The van der Waals surface area contributed by atoms with Crippen molar-refractivity contribution in [1.82, 2.24) is 0 Å². The largest absolute Gasteiger partial charge is 0.311 e. The van der Waals surface area contributed by atoms with Gasteiger partial charge in [-0.3, -0.25) is 0 Å². The molecular weight excluding hydrogens is 1200 g/mol. The number of hydrogen-bond donors (Lipinski definition) is 0. The lowest BCUT2D eigenvalue weighted by Crippen LogP contribution is -2.62. The molecule has 0 spiro atoms. The second-order valence-corrected chi connectivity index (χ2v) is 35.7. The van der Waals surface area contributed by atoms with Crippen molar-refractivity contribution in [3.05, 3.63) is 296 Å². The molecule has 0 bridgehead atoms. The third kappa shape index (κ3) is 8.66. The van der Waals surface area contributed by atoms with Crippen LogP contribution in [0.2, 0.25) is 0 Å². The highest BCUT2D eigenvalue weighted by Crippen LogP contribution is 2.59. The maximum atomic E-state index is 2.78. The van der Waals surface area contributed by atoms with Crippen molar-refractivity contribution < 1.29 is 0 Å². The summed E-state index contributed by atoms with van der Waals surface area (Å²) < 4.78 is 2.58. The first-order valence-electron chi connectivity index (χ1n) is 35.9. The Bertz CT molecular complexity index is 5320. The highest BCUT2D eigenvalue weighted by atomic mass is 32.1. The molecule has 2 aliphatic heterocycles. The summed E-state index contributed by atoms with van der Waals surface area (Å²) in [5, 5.41) is 2.57. The van der Waals surface area contributed by atoms with E-state index in [0.717, 1.165) is 17.1 Å². The van der Waals surface area contributed by atoms with Crippen LogP contribution in [0.15, 0.2) is 212 Å². The number of rotatable bonds is 5. The molecule has 5 heteroatoms. The quantitative estimate of drug-likeness (QED) is 0.159. The van der Waals surface area contributed by atoms with E-state index in [4.69, 9.17) is 0 Å². The van der Waals surface area contributed by atoms with Crippen molar-refractivity contribution in [3.63, 3.8) is 0 Å². The first kappa shape index (κ1) is 62.6. The number of nitrogens with zero attached hydrogens (tertiary/aromatic N) is 3. The summed E-state index contributed by atoms with van der Waals surface area (Å²) in [7, 11) is 0. The van der Waals surface area contributed by atoms with Crippen LogP contribution >= 0.6 is 11.3 Å². The van der Waals surface area contributed by atoms with Gasteiger partial charge in [0.05, 0.1) is 11.4 Å². The van der Waals surface area contributed by atoms with E-state index in [9.17, 15) is 0 Å². The summed E-state index contributed by atoms with van der Waals surface area (Å²) in [5.41, 5.74) is 33.3. The summed E-state index contributed by atoms with van der Waals surface area (Å²) >= 11 is 1.91. The SMILES string of the molecule is Cc1cc2c(cc1N1c3cc4c(cc3B3c5cc6c(cc5N(c5cccc7sc8ccccc8c57)c5cc(N(c7ccc(C(C)(C)C)cc7)c7ccc(C(C)(C)C)cc7)cc1c53)C(C)(C)c1ccccc1C6(C)C)C(C)(C)c1ccccc1C4(C)C)C(C)(C)c1ccccc1C2(C)C. The molecule has 0 radical (unpaired) electrons. The fraction of sp³-hybridized carbons (Fsp3) is 0.290. The fourth-order valence-electron chi connectivity index (χ4n) is 19.0. The third-order valence-electron chi connectivity index (χ3n) is 24.6. The van der Waals surface area contributed by atoms with Gasteiger partial charge in [0.1, 0.15) is 0 Å². The predicted octanol–water partition coefficient (Wildman–Crippen LogP) is 23.4. The van der Waals surface area contributed by atoms with Crippen LogP contribution in [0, 0.1) is 6.92 Å². The van der Waals surface area contributed by atoms with E-state index in [1.807, 2.05) is 11.3 Å². The minimum atomic E-state index is -0.323. The van der Waals surface area contributed by atoms with Crippen molar-refractivity contribution in [1.29, 1.82) is 0 Å². The molecule has 0 saturated carbocycles. The molecule has 488 valence electrons. The second kappa shape index (κ2) is 20.6. The average Bonchev–Trinajstić information content (AvgIpc) is 0.694. The van der Waals surface area contributed by atoms with E-state index in [0.29, 0.717) is 0 Å². The van der Waals surface area contributed by atoms with E-state index in [2.05, 4.69) is 359 Å². The molecular formula is C93H92BN3S. The predicted molar refractivity (Wildman–Crippen MR) is 422 cm³/mol. The van der Waals surface area contributed by atoms with E-state index in [1.54, 1.807) is 0 Å². The summed E-state index contributed by atoms with van der Waals surface area (Å²) in [6.07, 6.45) is 0. The van der Waals surface area contributed by atoms with Gasteiger partial charge < -0.3 is 14.7 Å². The molecule has 0 unspecified atom stereocenters. The Morgan fingerprint density at radius 1 is 0.316 bits per heavy atom. The zero-order valence-electron chi connectivity index (χ0n) is 61.0. The molecule has 0 atom stereocenters. The van der Waals surface area contributed by atoms with Crippen molar-refractivity contribution in [2.24, 2.45) is 0 Å². The van der Waals surface area contributed by atoms with E-state index >= 15 is 0 Å². The zero-order chi connectivity index (χ0) is 68.7. The van der Waals surface area contributed by atoms with Crippen molar-refractivity contribution in [2.45, 2.75) is 175 Å². The van der Waals surface area contributed by atoms with Crippen LogP contribution < -0.4 is 31.1 Å². The summed E-state index contributed by atoms with van der Waals surface area (Å²) in [4.78, 5) is 8.11. The fourth-order valence-corrected chi connectivity index (χ4v) is 20.1. The zero-order valence-corrected chi connectivity index (χ0v) is 61.9. The molecule has 12 aromatic rings. The lowest BCUT2D eigenvalue weighted by Gasteiger charge is -2.50. The molecule has 0 saturated heterocycles.